The topological polar surface area (TPSA) is 60.9 Å². The maximum Gasteiger partial charge on any atom is 0.228 e. The largest absolute Gasteiger partial charge is 0.393 e. The molecule has 0 aromatic heterocycles. The molecule has 1 aromatic rings. The van der Waals surface area contributed by atoms with Gasteiger partial charge in [0.05, 0.1) is 21.8 Å². The molecule has 7 rings (SSSR count). The van der Waals surface area contributed by atoms with Crippen LogP contribution in [0.4, 0.5) is 5.69 Å². The molecule has 1 amide bonds. The van der Waals surface area contributed by atoms with Crippen molar-refractivity contribution in [3.05, 3.63) is 39.9 Å². The summed E-state index contributed by atoms with van der Waals surface area (Å²) in [5.74, 6) is 1.11. The summed E-state index contributed by atoms with van der Waals surface area (Å²) in [6.45, 7) is 19.1. The number of halogens is 2. The SMILES string of the molecule is CC1(C)[C@@H](O)CC[C@]2(C)[C@H]3C(=O)C=C4[C@@H]5C[C@@](C)(C(=O)N6CCN(c7c(Cl)cccc7Cl)CC6)CC[C@]5(C)CC[C@@]4(C)[C@]3(C)CC[C@@H]12. The minimum absolute atomic E-state index is 0.0295. The molecule has 1 aromatic carbocycles. The van der Waals surface area contributed by atoms with Gasteiger partial charge in [0, 0.05) is 37.5 Å². The number of nitrogens with zero attached hydrogens (tertiary/aromatic N) is 2. The Morgan fingerprint density at radius 2 is 1.49 bits per heavy atom. The number of hydrogen-bond donors (Lipinski definition) is 1. The number of carbonyl (C=O) groups excluding carboxylic acids is 2. The number of hydrogen-bond acceptors (Lipinski definition) is 4. The van der Waals surface area contributed by atoms with Gasteiger partial charge in [0.1, 0.15) is 0 Å². The quantitative estimate of drug-likeness (QED) is 0.338. The van der Waals surface area contributed by atoms with Gasteiger partial charge >= 0.3 is 0 Å². The third-order valence-electron chi connectivity index (χ3n) is 15.9. The molecule has 7 heteroatoms. The van der Waals surface area contributed by atoms with E-state index in [1.807, 2.05) is 18.2 Å². The lowest BCUT2D eigenvalue weighted by atomic mass is 9.33. The van der Waals surface area contributed by atoms with Crippen LogP contribution in [0.15, 0.2) is 29.8 Å². The summed E-state index contributed by atoms with van der Waals surface area (Å²) in [7, 11) is 0. The van der Waals surface area contributed by atoms with Gasteiger partial charge < -0.3 is 14.9 Å². The maximum atomic E-state index is 14.7. The van der Waals surface area contributed by atoms with Gasteiger partial charge in [-0.25, -0.2) is 0 Å². The highest BCUT2D eigenvalue weighted by Gasteiger charge is 2.70. The highest BCUT2D eigenvalue weighted by Crippen LogP contribution is 2.75. The van der Waals surface area contributed by atoms with Crippen LogP contribution in [0.2, 0.25) is 10.0 Å². The molecule has 1 N–H and O–H groups in total. The maximum absolute atomic E-state index is 14.7. The van der Waals surface area contributed by atoms with Crippen molar-refractivity contribution in [1.82, 2.24) is 4.90 Å². The third-order valence-corrected chi connectivity index (χ3v) is 16.5. The fourth-order valence-electron chi connectivity index (χ4n) is 12.7. The van der Waals surface area contributed by atoms with E-state index in [1.54, 1.807) is 0 Å². The van der Waals surface area contributed by atoms with Crippen LogP contribution in [0, 0.1) is 50.2 Å². The minimum Gasteiger partial charge on any atom is -0.393 e. The molecule has 1 saturated heterocycles. The van der Waals surface area contributed by atoms with E-state index in [9.17, 15) is 14.7 Å². The van der Waals surface area contributed by atoms with E-state index in [1.165, 1.54) is 5.57 Å². The Balaban J connectivity index is 1.16. The van der Waals surface area contributed by atoms with Gasteiger partial charge in [-0.05, 0) is 115 Å². The molecular weight excluding hydrogens is 627 g/mol. The number of ketones is 1. The molecule has 0 spiro atoms. The van der Waals surface area contributed by atoms with Crippen molar-refractivity contribution in [1.29, 1.82) is 0 Å². The summed E-state index contributed by atoms with van der Waals surface area (Å²) < 4.78 is 0. The van der Waals surface area contributed by atoms with Gasteiger partial charge in [-0.1, -0.05) is 83.3 Å². The van der Waals surface area contributed by atoms with Gasteiger partial charge in [-0.15, -0.1) is 0 Å². The molecule has 9 atom stereocenters. The van der Waals surface area contributed by atoms with E-state index in [2.05, 4.69) is 64.3 Å². The van der Waals surface area contributed by atoms with E-state index in [4.69, 9.17) is 23.2 Å². The molecule has 1 heterocycles. The first-order valence-corrected chi connectivity index (χ1v) is 19.1. The number of para-hydroxylation sites is 1. The zero-order valence-electron chi connectivity index (χ0n) is 29.7. The van der Waals surface area contributed by atoms with Crippen molar-refractivity contribution in [2.45, 2.75) is 112 Å². The lowest BCUT2D eigenvalue weighted by Gasteiger charge is -2.70. The molecule has 258 valence electrons. The predicted molar refractivity (Wildman–Crippen MR) is 191 cm³/mol. The molecule has 0 unspecified atom stereocenters. The second kappa shape index (κ2) is 11.0. The fraction of sp³-hybridized carbons (Fsp3) is 0.750. The van der Waals surface area contributed by atoms with E-state index in [0.717, 1.165) is 63.5 Å². The Bertz CT molecular complexity index is 1500. The average Bonchev–Trinajstić information content (AvgIpc) is 3.01. The van der Waals surface area contributed by atoms with Crippen molar-refractivity contribution in [2.24, 2.45) is 50.2 Å². The molecule has 1 aliphatic heterocycles. The second-order valence-electron chi connectivity index (χ2n) is 18.5. The molecule has 4 saturated carbocycles. The number of fused-ring (bicyclic) bond motifs is 7. The van der Waals surface area contributed by atoms with Crippen LogP contribution in [0.3, 0.4) is 0 Å². The number of benzene rings is 1. The highest BCUT2D eigenvalue weighted by molar-refractivity contribution is 6.39. The normalized spacial score (nSPS) is 44.5. The first-order valence-electron chi connectivity index (χ1n) is 18.3. The minimum atomic E-state index is -0.457. The lowest BCUT2D eigenvalue weighted by Crippen LogP contribution is -2.66. The van der Waals surface area contributed by atoms with Gasteiger partial charge in [0.25, 0.3) is 0 Å². The first-order chi connectivity index (χ1) is 21.9. The van der Waals surface area contributed by atoms with Crippen LogP contribution in [0.1, 0.15) is 106 Å². The Hall–Kier alpha value is -1.56. The molecule has 5 aliphatic carbocycles. The van der Waals surface area contributed by atoms with Crippen LogP contribution < -0.4 is 4.90 Å². The standard InChI is InChI=1S/C40H56Cl2N2O3/c1-35(2)30-11-14-40(7)33(38(30,5)13-12-31(35)46)29(45)23-25-26-24-37(4,16-15-36(26,3)17-18-39(25,40)6)34(47)44-21-19-43(20-22-44)32-27(41)9-8-10-28(32)42/h8-10,23,26,30-31,33,46H,11-22,24H2,1-7H3/t26-,30-,31-,33+,36+,37-,38-,39+,40+/m0/s1. The fourth-order valence-corrected chi connectivity index (χ4v) is 13.3. The number of allylic oxidation sites excluding steroid dienone is 2. The number of carbonyl (C=O) groups is 2. The number of rotatable bonds is 2. The lowest BCUT2D eigenvalue weighted by molar-refractivity contribution is -0.202. The molecule has 6 aliphatic rings. The van der Waals surface area contributed by atoms with Crippen molar-refractivity contribution in [3.8, 4) is 0 Å². The number of piperazine rings is 1. The summed E-state index contributed by atoms with van der Waals surface area (Å²) in [6, 6.07) is 5.61. The average molecular weight is 684 g/mol. The Morgan fingerprint density at radius 3 is 2.15 bits per heavy atom. The number of anilines is 1. The van der Waals surface area contributed by atoms with Crippen molar-refractivity contribution >= 4 is 40.6 Å². The van der Waals surface area contributed by atoms with Crippen LogP contribution in [-0.4, -0.2) is 54.0 Å². The van der Waals surface area contributed by atoms with E-state index in [0.29, 0.717) is 47.9 Å². The summed E-state index contributed by atoms with van der Waals surface area (Å²) in [5, 5.41) is 12.3. The second-order valence-corrected chi connectivity index (χ2v) is 19.3. The van der Waals surface area contributed by atoms with E-state index >= 15 is 0 Å². The molecule has 5 fully saturated rings. The van der Waals surface area contributed by atoms with Gasteiger partial charge in [-0.3, -0.25) is 9.59 Å². The van der Waals surface area contributed by atoms with E-state index in [-0.39, 0.29) is 50.9 Å². The van der Waals surface area contributed by atoms with Crippen molar-refractivity contribution < 1.29 is 14.7 Å². The Morgan fingerprint density at radius 1 is 0.851 bits per heavy atom. The molecule has 5 nitrogen and oxygen atoms in total. The van der Waals surface area contributed by atoms with Gasteiger partial charge in [-0.2, -0.15) is 0 Å². The molecule has 47 heavy (non-hydrogen) atoms. The van der Waals surface area contributed by atoms with Gasteiger partial charge in [0.2, 0.25) is 5.91 Å². The molecular formula is C40H56Cl2N2O3. The van der Waals surface area contributed by atoms with Crippen LogP contribution in [0.5, 0.6) is 0 Å². The number of aliphatic hydroxyl groups is 1. The highest BCUT2D eigenvalue weighted by atomic mass is 35.5. The zero-order valence-corrected chi connectivity index (χ0v) is 31.2. The van der Waals surface area contributed by atoms with Crippen LogP contribution in [0.25, 0.3) is 0 Å². The Kier molecular flexibility index (Phi) is 7.91. The van der Waals surface area contributed by atoms with Crippen molar-refractivity contribution in [2.75, 3.05) is 31.1 Å². The smallest absolute Gasteiger partial charge is 0.228 e. The zero-order chi connectivity index (χ0) is 33.9. The third kappa shape index (κ3) is 4.70. The van der Waals surface area contributed by atoms with Crippen molar-refractivity contribution in [3.63, 3.8) is 0 Å². The molecule has 0 bridgehead atoms. The van der Waals surface area contributed by atoms with Gasteiger partial charge in [0.15, 0.2) is 5.78 Å². The number of amides is 1. The summed E-state index contributed by atoms with van der Waals surface area (Å²) in [4.78, 5) is 33.4. The summed E-state index contributed by atoms with van der Waals surface area (Å²) >= 11 is 13.1. The number of aliphatic hydroxyl groups excluding tert-OH is 1. The van der Waals surface area contributed by atoms with Crippen LogP contribution in [-0.2, 0) is 9.59 Å². The molecule has 0 radical (unpaired) electrons. The van der Waals surface area contributed by atoms with Crippen LogP contribution >= 0.6 is 23.2 Å². The van der Waals surface area contributed by atoms with E-state index < -0.39 is 5.41 Å². The summed E-state index contributed by atoms with van der Waals surface area (Å²) in [6.07, 6.45) is 10.5. The summed E-state index contributed by atoms with van der Waals surface area (Å²) in [5.41, 5.74) is 1.34. The first kappa shape index (κ1) is 33.9. The predicted octanol–water partition coefficient (Wildman–Crippen LogP) is 8.98. The Labute approximate surface area is 292 Å². The monoisotopic (exact) mass is 682 g/mol.